The summed E-state index contributed by atoms with van der Waals surface area (Å²) in [6, 6.07) is 7.31. The smallest absolute Gasteiger partial charge is 0.507 e. The molecule has 0 aromatic heterocycles. The lowest BCUT2D eigenvalue weighted by atomic mass is 10.0. The van der Waals surface area contributed by atoms with Crippen LogP contribution in [0.1, 0.15) is 5.56 Å². The molecule has 0 saturated carbocycles. The molecule has 2 aromatic carbocycles. The highest BCUT2D eigenvalue weighted by molar-refractivity contribution is 5.77. The molecule has 1 N–H and O–H groups in total. The van der Waals surface area contributed by atoms with E-state index in [1.807, 2.05) is 0 Å². The fourth-order valence-electron chi connectivity index (χ4n) is 1.89. The van der Waals surface area contributed by atoms with Crippen molar-refractivity contribution in [1.29, 1.82) is 0 Å². The van der Waals surface area contributed by atoms with Gasteiger partial charge >= 0.3 is 12.5 Å². The van der Waals surface area contributed by atoms with E-state index < -0.39 is 35.2 Å². The summed E-state index contributed by atoms with van der Waals surface area (Å²) in [5.41, 5.74) is -2.05. The molecular weight excluding hydrogens is 314 g/mol. The molecule has 118 valence electrons. The molecule has 0 heterocycles. The first-order chi connectivity index (χ1) is 10.1. The largest absolute Gasteiger partial charge is 0.573 e. The Morgan fingerprint density at radius 1 is 0.773 bits per heavy atom. The van der Waals surface area contributed by atoms with Crippen LogP contribution in [0.4, 0.5) is 26.3 Å². The van der Waals surface area contributed by atoms with Crippen LogP contribution in [-0.2, 0) is 6.18 Å². The van der Waals surface area contributed by atoms with Gasteiger partial charge in [-0.05, 0) is 12.1 Å². The number of hydrogen-bond donors (Lipinski definition) is 1. The highest BCUT2D eigenvalue weighted by Gasteiger charge is 2.36. The van der Waals surface area contributed by atoms with E-state index in [0.29, 0.717) is 6.07 Å². The van der Waals surface area contributed by atoms with E-state index in [4.69, 9.17) is 0 Å². The first-order valence-electron chi connectivity index (χ1n) is 5.84. The van der Waals surface area contributed by atoms with Crippen molar-refractivity contribution in [3.63, 3.8) is 0 Å². The highest BCUT2D eigenvalue weighted by atomic mass is 19.4. The van der Waals surface area contributed by atoms with Crippen molar-refractivity contribution in [1.82, 2.24) is 0 Å². The molecule has 0 unspecified atom stereocenters. The molecule has 0 spiro atoms. The van der Waals surface area contributed by atoms with Crippen LogP contribution in [0.25, 0.3) is 11.1 Å². The fourth-order valence-corrected chi connectivity index (χ4v) is 1.89. The molecule has 0 saturated heterocycles. The zero-order chi connectivity index (χ0) is 16.5. The van der Waals surface area contributed by atoms with E-state index in [9.17, 15) is 31.4 Å². The maximum absolute atomic E-state index is 12.7. The Morgan fingerprint density at radius 3 is 1.95 bits per heavy atom. The van der Waals surface area contributed by atoms with Crippen LogP contribution in [0, 0.1) is 0 Å². The Bertz CT molecular complexity index is 676. The molecule has 0 amide bonds. The molecule has 0 radical (unpaired) electrons. The van der Waals surface area contributed by atoms with Crippen molar-refractivity contribution in [2.45, 2.75) is 12.5 Å². The van der Waals surface area contributed by atoms with Crippen molar-refractivity contribution >= 4 is 0 Å². The second-order valence-electron chi connectivity index (χ2n) is 4.24. The zero-order valence-corrected chi connectivity index (χ0v) is 10.7. The third-order valence-corrected chi connectivity index (χ3v) is 2.74. The van der Waals surface area contributed by atoms with Gasteiger partial charge in [0.2, 0.25) is 0 Å². The Morgan fingerprint density at radius 2 is 1.36 bits per heavy atom. The zero-order valence-electron chi connectivity index (χ0n) is 10.7. The van der Waals surface area contributed by atoms with Gasteiger partial charge in [0.05, 0.1) is 5.56 Å². The van der Waals surface area contributed by atoms with Crippen molar-refractivity contribution in [2.24, 2.45) is 0 Å². The van der Waals surface area contributed by atoms with Gasteiger partial charge in [-0.1, -0.05) is 30.3 Å². The molecule has 8 heteroatoms. The molecule has 0 aliphatic heterocycles. The SMILES string of the molecule is Oc1c(-c2ccccc2OC(F)(F)F)cccc1C(F)(F)F. The summed E-state index contributed by atoms with van der Waals surface area (Å²) in [4.78, 5) is 0. The number of para-hydroxylation sites is 2. The molecule has 22 heavy (non-hydrogen) atoms. The van der Waals surface area contributed by atoms with Crippen LogP contribution < -0.4 is 4.74 Å². The Labute approximate surface area is 120 Å². The Balaban J connectivity index is 2.59. The number of hydrogen-bond acceptors (Lipinski definition) is 2. The molecular formula is C14H8F6O2. The van der Waals surface area contributed by atoms with Gasteiger partial charge in [0.15, 0.2) is 0 Å². The van der Waals surface area contributed by atoms with Gasteiger partial charge in [-0.25, -0.2) is 0 Å². The summed E-state index contributed by atoms with van der Waals surface area (Å²) in [5.74, 6) is -1.86. The summed E-state index contributed by atoms with van der Waals surface area (Å²) in [6.07, 6.45) is -9.84. The summed E-state index contributed by atoms with van der Waals surface area (Å²) >= 11 is 0. The monoisotopic (exact) mass is 322 g/mol. The number of rotatable bonds is 2. The van der Waals surface area contributed by atoms with Gasteiger partial charge in [-0.2, -0.15) is 13.2 Å². The summed E-state index contributed by atoms with van der Waals surface area (Å²) in [7, 11) is 0. The second kappa shape index (κ2) is 5.43. The van der Waals surface area contributed by atoms with Gasteiger partial charge < -0.3 is 9.84 Å². The molecule has 2 nitrogen and oxygen atoms in total. The van der Waals surface area contributed by atoms with Crippen LogP contribution in [0.3, 0.4) is 0 Å². The molecule has 2 aromatic rings. The maximum atomic E-state index is 12.7. The van der Waals surface area contributed by atoms with Crippen LogP contribution in [-0.4, -0.2) is 11.5 Å². The number of halogens is 6. The van der Waals surface area contributed by atoms with Crippen molar-refractivity contribution in [3.05, 3.63) is 48.0 Å². The quantitative estimate of drug-likeness (QED) is 0.791. The summed E-state index contributed by atoms with van der Waals surface area (Å²) in [6.45, 7) is 0. The highest BCUT2D eigenvalue weighted by Crippen LogP contribution is 2.44. The normalized spacial score (nSPS) is 12.3. The van der Waals surface area contributed by atoms with Crippen LogP contribution >= 0.6 is 0 Å². The van der Waals surface area contributed by atoms with E-state index in [2.05, 4.69) is 4.74 Å². The van der Waals surface area contributed by atoms with Gasteiger partial charge in [0.1, 0.15) is 11.5 Å². The lowest BCUT2D eigenvalue weighted by molar-refractivity contribution is -0.274. The average Bonchev–Trinajstić information content (AvgIpc) is 2.37. The van der Waals surface area contributed by atoms with Gasteiger partial charge in [0.25, 0.3) is 0 Å². The van der Waals surface area contributed by atoms with Crippen molar-refractivity contribution in [2.75, 3.05) is 0 Å². The maximum Gasteiger partial charge on any atom is 0.573 e. The Hall–Kier alpha value is -2.38. The summed E-state index contributed by atoms with van der Waals surface area (Å²) in [5, 5.41) is 9.74. The minimum Gasteiger partial charge on any atom is -0.507 e. The van der Waals surface area contributed by atoms with Gasteiger partial charge in [0, 0.05) is 11.1 Å². The van der Waals surface area contributed by atoms with Crippen LogP contribution in [0.5, 0.6) is 11.5 Å². The van der Waals surface area contributed by atoms with E-state index in [-0.39, 0.29) is 5.56 Å². The minimum absolute atomic E-state index is 0.302. The predicted octanol–water partition coefficient (Wildman–Crippen LogP) is 4.98. The number of phenols is 1. The number of ether oxygens (including phenoxy) is 1. The van der Waals surface area contributed by atoms with E-state index >= 15 is 0 Å². The molecule has 2 rings (SSSR count). The first-order valence-corrected chi connectivity index (χ1v) is 5.84. The minimum atomic E-state index is -5.01. The number of alkyl halides is 6. The van der Waals surface area contributed by atoms with E-state index in [0.717, 1.165) is 24.3 Å². The van der Waals surface area contributed by atoms with E-state index in [1.165, 1.54) is 12.1 Å². The Kier molecular flexibility index (Phi) is 3.95. The second-order valence-corrected chi connectivity index (χ2v) is 4.24. The fraction of sp³-hybridized carbons (Fsp3) is 0.143. The molecule has 0 aliphatic rings. The number of aromatic hydroxyl groups is 1. The molecule has 0 fully saturated rings. The molecule has 0 aliphatic carbocycles. The third-order valence-electron chi connectivity index (χ3n) is 2.74. The van der Waals surface area contributed by atoms with Gasteiger partial charge in [-0.15, -0.1) is 13.2 Å². The number of phenolic OH excluding ortho intramolecular Hbond substituents is 1. The average molecular weight is 322 g/mol. The third kappa shape index (κ3) is 3.44. The molecule has 0 bridgehead atoms. The number of benzene rings is 2. The first kappa shape index (κ1) is 16.0. The lowest BCUT2D eigenvalue weighted by Crippen LogP contribution is -2.17. The molecule has 0 atom stereocenters. The topological polar surface area (TPSA) is 29.5 Å². The van der Waals surface area contributed by atoms with Gasteiger partial charge in [-0.3, -0.25) is 0 Å². The van der Waals surface area contributed by atoms with Crippen molar-refractivity contribution < 1.29 is 36.2 Å². The van der Waals surface area contributed by atoms with E-state index in [1.54, 1.807) is 0 Å². The van der Waals surface area contributed by atoms with Crippen molar-refractivity contribution in [3.8, 4) is 22.6 Å². The van der Waals surface area contributed by atoms with Crippen LogP contribution in [0.2, 0.25) is 0 Å². The summed E-state index contributed by atoms with van der Waals surface area (Å²) < 4.78 is 79.0. The van der Waals surface area contributed by atoms with Crippen LogP contribution in [0.15, 0.2) is 42.5 Å². The lowest BCUT2D eigenvalue weighted by Gasteiger charge is -2.16. The predicted molar refractivity (Wildman–Crippen MR) is 65.2 cm³/mol. The standard InChI is InChI=1S/C14H8F6O2/c15-13(16,17)10-6-3-5-9(12(10)21)8-4-1-2-7-11(8)22-14(18,19)20/h1-7,21H.